The molecule has 1 aromatic rings. The van der Waals surface area contributed by atoms with Crippen LogP contribution in [-0.2, 0) is 4.79 Å². The van der Waals surface area contributed by atoms with Crippen molar-refractivity contribution < 1.29 is 4.79 Å². The summed E-state index contributed by atoms with van der Waals surface area (Å²) >= 11 is 0. The van der Waals surface area contributed by atoms with Crippen LogP contribution in [0.2, 0.25) is 0 Å². The van der Waals surface area contributed by atoms with Gasteiger partial charge in [-0.25, -0.2) is 0 Å². The molecule has 3 heteroatoms. The van der Waals surface area contributed by atoms with Crippen molar-refractivity contribution in [1.82, 2.24) is 4.90 Å². The summed E-state index contributed by atoms with van der Waals surface area (Å²) < 4.78 is 0. The van der Waals surface area contributed by atoms with E-state index in [1.165, 1.54) is 11.1 Å². The lowest BCUT2D eigenvalue weighted by molar-refractivity contribution is -0.136. The fourth-order valence-corrected chi connectivity index (χ4v) is 2.95. The molecule has 1 aromatic carbocycles. The number of nitrogens with two attached hydrogens (primary N) is 1. The number of likely N-dealkylation sites (tertiary alicyclic amines) is 1. The van der Waals surface area contributed by atoms with Gasteiger partial charge < -0.3 is 10.6 Å². The molecule has 1 fully saturated rings. The van der Waals surface area contributed by atoms with E-state index in [2.05, 4.69) is 38.1 Å². The zero-order valence-corrected chi connectivity index (χ0v) is 12.3. The zero-order chi connectivity index (χ0) is 14.2. The van der Waals surface area contributed by atoms with E-state index in [1.807, 2.05) is 4.90 Å². The molecule has 19 heavy (non-hydrogen) atoms. The summed E-state index contributed by atoms with van der Waals surface area (Å²) in [5.74, 6) is 0.485. The molecule has 1 heterocycles. The van der Waals surface area contributed by atoms with Gasteiger partial charge >= 0.3 is 0 Å². The first kappa shape index (κ1) is 14.1. The molecular formula is C16H24N2O. The Bertz CT molecular complexity index is 476. The van der Waals surface area contributed by atoms with Gasteiger partial charge in [0.15, 0.2) is 0 Å². The quantitative estimate of drug-likeness (QED) is 0.887. The van der Waals surface area contributed by atoms with Crippen molar-refractivity contribution in [3.8, 4) is 0 Å². The van der Waals surface area contributed by atoms with Gasteiger partial charge in [-0.05, 0) is 45.2 Å². The molecule has 0 radical (unpaired) electrons. The number of aryl methyl sites for hydroxylation is 1. The maximum absolute atomic E-state index is 12.3. The van der Waals surface area contributed by atoms with E-state index in [0.717, 1.165) is 13.0 Å². The summed E-state index contributed by atoms with van der Waals surface area (Å²) in [5, 5.41) is 0. The van der Waals surface area contributed by atoms with Crippen molar-refractivity contribution in [3.05, 3.63) is 35.4 Å². The van der Waals surface area contributed by atoms with Crippen molar-refractivity contribution in [2.75, 3.05) is 6.54 Å². The lowest BCUT2D eigenvalue weighted by Gasteiger charge is -2.29. The van der Waals surface area contributed by atoms with Crippen LogP contribution in [0.3, 0.4) is 0 Å². The summed E-state index contributed by atoms with van der Waals surface area (Å²) in [7, 11) is 0. The van der Waals surface area contributed by atoms with E-state index in [9.17, 15) is 4.79 Å². The normalized spacial score (nSPS) is 23.7. The Morgan fingerprint density at radius 3 is 2.58 bits per heavy atom. The van der Waals surface area contributed by atoms with Crippen LogP contribution in [0.4, 0.5) is 0 Å². The predicted octanol–water partition coefficient (Wildman–Crippen LogP) is 2.44. The van der Waals surface area contributed by atoms with Crippen LogP contribution < -0.4 is 5.73 Å². The molecule has 1 aliphatic heterocycles. The third-order valence-electron chi connectivity index (χ3n) is 4.02. The smallest absolute Gasteiger partial charge is 0.242 e. The Kier molecular flexibility index (Phi) is 3.68. The summed E-state index contributed by atoms with van der Waals surface area (Å²) in [5.41, 5.74) is 7.83. The fraction of sp³-hybridized carbons (Fsp3) is 0.562. The number of nitrogens with zero attached hydrogens (tertiary/aromatic N) is 1. The monoisotopic (exact) mass is 260 g/mol. The van der Waals surface area contributed by atoms with Gasteiger partial charge in [0.2, 0.25) is 5.91 Å². The van der Waals surface area contributed by atoms with Gasteiger partial charge in [0.1, 0.15) is 0 Å². The number of hydrogen-bond acceptors (Lipinski definition) is 2. The predicted molar refractivity (Wildman–Crippen MR) is 78.0 cm³/mol. The Morgan fingerprint density at radius 2 is 2.00 bits per heavy atom. The lowest BCUT2D eigenvalue weighted by atomic mass is 9.93. The first-order chi connectivity index (χ1) is 8.80. The molecule has 0 bridgehead atoms. The average molecular weight is 260 g/mol. The number of rotatable bonds is 2. The maximum atomic E-state index is 12.3. The first-order valence-electron chi connectivity index (χ1n) is 6.96. The van der Waals surface area contributed by atoms with Gasteiger partial charge in [-0.3, -0.25) is 4.79 Å². The Balaban J connectivity index is 2.19. The Hall–Kier alpha value is -1.35. The number of hydrogen-bond donors (Lipinski definition) is 1. The van der Waals surface area contributed by atoms with Gasteiger partial charge in [0.25, 0.3) is 0 Å². The maximum Gasteiger partial charge on any atom is 0.242 e. The van der Waals surface area contributed by atoms with E-state index >= 15 is 0 Å². The topological polar surface area (TPSA) is 46.3 Å². The molecule has 2 N–H and O–H groups in total. The molecule has 2 rings (SSSR count). The highest BCUT2D eigenvalue weighted by atomic mass is 16.2. The largest absolute Gasteiger partial charge is 0.338 e. The number of carbonyl (C=O) groups excluding carboxylic acids is 1. The molecule has 3 nitrogen and oxygen atoms in total. The summed E-state index contributed by atoms with van der Waals surface area (Å²) in [6, 6.07) is 8.71. The zero-order valence-electron chi connectivity index (χ0n) is 12.3. The van der Waals surface area contributed by atoms with Crippen LogP contribution in [0.5, 0.6) is 0 Å². The van der Waals surface area contributed by atoms with E-state index in [1.54, 1.807) is 13.8 Å². The third-order valence-corrected chi connectivity index (χ3v) is 4.02. The molecule has 0 aromatic heterocycles. The molecule has 1 saturated heterocycles. The molecule has 1 aliphatic rings. The molecule has 0 spiro atoms. The van der Waals surface area contributed by atoms with Gasteiger partial charge in [-0.15, -0.1) is 0 Å². The van der Waals surface area contributed by atoms with Crippen molar-refractivity contribution in [1.29, 1.82) is 0 Å². The second-order valence-electron chi connectivity index (χ2n) is 6.32. The number of carbonyl (C=O) groups is 1. The third kappa shape index (κ3) is 2.81. The summed E-state index contributed by atoms with van der Waals surface area (Å²) in [6.07, 6.45) is 1.02. The minimum absolute atomic E-state index is 0.0519. The number of benzene rings is 1. The van der Waals surface area contributed by atoms with Gasteiger partial charge in [-0.1, -0.05) is 24.3 Å². The van der Waals surface area contributed by atoms with Crippen molar-refractivity contribution in [3.63, 3.8) is 0 Å². The minimum atomic E-state index is -0.783. The summed E-state index contributed by atoms with van der Waals surface area (Å²) in [6.45, 7) is 8.59. The Labute approximate surface area is 115 Å². The molecule has 1 amide bonds. The molecular weight excluding hydrogens is 236 g/mol. The molecule has 104 valence electrons. The van der Waals surface area contributed by atoms with E-state index < -0.39 is 5.54 Å². The fourth-order valence-electron chi connectivity index (χ4n) is 2.95. The van der Waals surface area contributed by atoms with Crippen molar-refractivity contribution >= 4 is 5.91 Å². The Morgan fingerprint density at radius 1 is 1.37 bits per heavy atom. The van der Waals surface area contributed by atoms with Crippen molar-refractivity contribution in [2.24, 2.45) is 5.73 Å². The average Bonchev–Trinajstić information content (AvgIpc) is 2.69. The van der Waals surface area contributed by atoms with Crippen LogP contribution in [0.15, 0.2) is 24.3 Å². The van der Waals surface area contributed by atoms with Crippen LogP contribution in [-0.4, -0.2) is 28.9 Å². The standard InChI is InChI=1S/C16H24N2O/c1-11-7-5-6-8-14(11)13-9-12(2)18(10-13)15(19)16(3,4)17/h5-8,12-13H,9-10,17H2,1-4H3/t12-,13+/m0/s1. The highest BCUT2D eigenvalue weighted by Gasteiger charge is 2.38. The first-order valence-corrected chi connectivity index (χ1v) is 6.96. The van der Waals surface area contributed by atoms with Crippen molar-refractivity contribution in [2.45, 2.75) is 51.6 Å². The number of amides is 1. The van der Waals surface area contributed by atoms with Crippen LogP contribution in [0.1, 0.15) is 44.2 Å². The molecule has 2 atom stereocenters. The molecule has 0 saturated carbocycles. The SMILES string of the molecule is Cc1ccccc1[C@@H]1C[C@H](C)N(C(=O)C(C)(C)N)C1. The molecule has 0 aliphatic carbocycles. The van der Waals surface area contributed by atoms with Gasteiger partial charge in [-0.2, -0.15) is 0 Å². The summed E-state index contributed by atoms with van der Waals surface area (Å²) in [4.78, 5) is 14.3. The highest BCUT2D eigenvalue weighted by Crippen LogP contribution is 2.34. The van der Waals surface area contributed by atoms with E-state index in [0.29, 0.717) is 5.92 Å². The van der Waals surface area contributed by atoms with E-state index in [4.69, 9.17) is 5.73 Å². The van der Waals surface area contributed by atoms with Gasteiger partial charge in [0, 0.05) is 18.5 Å². The second-order valence-corrected chi connectivity index (χ2v) is 6.32. The minimum Gasteiger partial charge on any atom is -0.338 e. The van der Waals surface area contributed by atoms with Crippen LogP contribution in [0, 0.1) is 6.92 Å². The van der Waals surface area contributed by atoms with Crippen LogP contribution in [0.25, 0.3) is 0 Å². The van der Waals surface area contributed by atoms with Crippen LogP contribution >= 0.6 is 0 Å². The lowest BCUT2D eigenvalue weighted by Crippen LogP contribution is -2.52. The highest BCUT2D eigenvalue weighted by molar-refractivity contribution is 5.85. The van der Waals surface area contributed by atoms with E-state index in [-0.39, 0.29) is 11.9 Å². The molecule has 0 unspecified atom stereocenters. The second kappa shape index (κ2) is 4.97. The van der Waals surface area contributed by atoms with Gasteiger partial charge in [0.05, 0.1) is 5.54 Å².